The molecule has 4 nitrogen and oxygen atoms in total. The van der Waals surface area contributed by atoms with Gasteiger partial charge in [0, 0.05) is 18.0 Å². The maximum Gasteiger partial charge on any atom is 0.122 e. The minimum absolute atomic E-state index is 0.567. The van der Waals surface area contributed by atoms with Crippen molar-refractivity contribution in [3.63, 3.8) is 0 Å². The molecular weight excluding hydrogens is 196 g/mol. The maximum absolute atomic E-state index is 10.7. The zero-order chi connectivity index (χ0) is 11.4. The van der Waals surface area contributed by atoms with E-state index in [-0.39, 0.29) is 0 Å². The van der Waals surface area contributed by atoms with Crippen molar-refractivity contribution in [3.8, 4) is 11.5 Å². The molecule has 0 aromatic heterocycles. The van der Waals surface area contributed by atoms with Crippen LogP contribution in [0.5, 0.6) is 11.5 Å². The SMILES string of the molecule is COc1cc(OC)cc([C@H](C)C(=O)[O-])c1. The van der Waals surface area contributed by atoms with Gasteiger partial charge in [0.15, 0.2) is 0 Å². The molecule has 1 rings (SSSR count). The second-order valence-electron chi connectivity index (χ2n) is 3.19. The highest BCUT2D eigenvalue weighted by Crippen LogP contribution is 2.26. The Balaban J connectivity index is 3.11. The third-order valence-electron chi connectivity index (χ3n) is 2.23. The van der Waals surface area contributed by atoms with Crippen LogP contribution in [0.15, 0.2) is 18.2 Å². The van der Waals surface area contributed by atoms with E-state index >= 15 is 0 Å². The van der Waals surface area contributed by atoms with E-state index in [2.05, 4.69) is 0 Å². The molecule has 0 N–H and O–H groups in total. The molecule has 0 spiro atoms. The highest BCUT2D eigenvalue weighted by atomic mass is 16.5. The van der Waals surface area contributed by atoms with Gasteiger partial charge in [-0.05, 0) is 17.7 Å². The lowest BCUT2D eigenvalue weighted by Gasteiger charge is -2.15. The third kappa shape index (κ3) is 2.62. The second kappa shape index (κ2) is 4.68. The van der Waals surface area contributed by atoms with Crippen molar-refractivity contribution < 1.29 is 19.4 Å². The van der Waals surface area contributed by atoms with Crippen molar-refractivity contribution in [2.24, 2.45) is 0 Å². The van der Waals surface area contributed by atoms with Gasteiger partial charge in [0.05, 0.1) is 14.2 Å². The smallest absolute Gasteiger partial charge is 0.122 e. The predicted molar refractivity (Wildman–Crippen MR) is 53.0 cm³/mol. The number of hydrogen-bond donors (Lipinski definition) is 0. The molecule has 0 radical (unpaired) electrons. The lowest BCUT2D eigenvalue weighted by Crippen LogP contribution is -2.28. The fourth-order valence-corrected chi connectivity index (χ4v) is 1.22. The fraction of sp³-hybridized carbons (Fsp3) is 0.364. The number of carbonyl (C=O) groups excluding carboxylic acids is 1. The van der Waals surface area contributed by atoms with Crippen LogP contribution >= 0.6 is 0 Å². The largest absolute Gasteiger partial charge is 0.550 e. The number of aliphatic carboxylic acids is 1. The first-order valence-electron chi connectivity index (χ1n) is 4.52. The van der Waals surface area contributed by atoms with Crippen molar-refractivity contribution in [1.82, 2.24) is 0 Å². The van der Waals surface area contributed by atoms with Gasteiger partial charge >= 0.3 is 0 Å². The molecule has 0 aliphatic heterocycles. The molecule has 0 heterocycles. The van der Waals surface area contributed by atoms with Crippen LogP contribution in [0.2, 0.25) is 0 Å². The number of benzene rings is 1. The molecule has 1 aromatic rings. The summed E-state index contributed by atoms with van der Waals surface area (Å²) in [5, 5.41) is 10.7. The average molecular weight is 209 g/mol. The molecule has 0 saturated carbocycles. The number of ether oxygens (including phenoxy) is 2. The summed E-state index contributed by atoms with van der Waals surface area (Å²) in [4.78, 5) is 10.7. The van der Waals surface area contributed by atoms with Gasteiger partial charge in [-0.1, -0.05) is 6.92 Å². The summed E-state index contributed by atoms with van der Waals surface area (Å²) in [7, 11) is 3.03. The highest BCUT2D eigenvalue weighted by molar-refractivity contribution is 5.74. The van der Waals surface area contributed by atoms with Crippen LogP contribution in [-0.4, -0.2) is 20.2 Å². The number of rotatable bonds is 4. The molecule has 0 bridgehead atoms. The van der Waals surface area contributed by atoms with Gasteiger partial charge in [-0.15, -0.1) is 0 Å². The Kier molecular flexibility index (Phi) is 3.55. The van der Waals surface area contributed by atoms with E-state index in [1.165, 1.54) is 14.2 Å². The number of carboxylic acid groups (broad SMARTS) is 1. The standard InChI is InChI=1S/C11H14O4/c1-7(11(12)13)8-4-9(14-2)6-10(5-8)15-3/h4-7H,1-3H3,(H,12,13)/p-1/t7-/m0/s1. The summed E-state index contributed by atoms with van der Waals surface area (Å²) in [5.74, 6) is -0.672. The normalized spacial score (nSPS) is 11.9. The van der Waals surface area contributed by atoms with Crippen LogP contribution < -0.4 is 14.6 Å². The molecule has 0 amide bonds. The molecule has 4 heteroatoms. The molecule has 0 unspecified atom stereocenters. The summed E-state index contributed by atoms with van der Waals surface area (Å²) in [6.45, 7) is 1.56. The minimum Gasteiger partial charge on any atom is -0.550 e. The molecule has 0 aliphatic carbocycles. The molecule has 0 saturated heterocycles. The fourth-order valence-electron chi connectivity index (χ4n) is 1.22. The van der Waals surface area contributed by atoms with E-state index in [1.54, 1.807) is 25.1 Å². The molecular formula is C11H13O4-. The zero-order valence-electron chi connectivity index (χ0n) is 8.94. The van der Waals surface area contributed by atoms with Crippen molar-refractivity contribution in [3.05, 3.63) is 23.8 Å². The number of carboxylic acids is 1. The van der Waals surface area contributed by atoms with Gasteiger partial charge in [0.25, 0.3) is 0 Å². The van der Waals surface area contributed by atoms with E-state index in [9.17, 15) is 9.90 Å². The van der Waals surface area contributed by atoms with Gasteiger partial charge in [-0.3, -0.25) is 0 Å². The molecule has 0 aliphatic rings. The Labute approximate surface area is 88.4 Å². The predicted octanol–water partition coefficient (Wildman–Crippen LogP) is 0.557. The first-order chi connectivity index (χ1) is 7.08. The Morgan fingerprint density at radius 1 is 1.20 bits per heavy atom. The Morgan fingerprint density at radius 3 is 2.00 bits per heavy atom. The lowest BCUT2D eigenvalue weighted by atomic mass is 10.0. The number of hydrogen-bond acceptors (Lipinski definition) is 4. The number of methoxy groups -OCH3 is 2. The third-order valence-corrected chi connectivity index (χ3v) is 2.23. The minimum atomic E-state index is -1.12. The summed E-state index contributed by atoms with van der Waals surface area (Å²) in [6, 6.07) is 5.00. The van der Waals surface area contributed by atoms with Crippen LogP contribution in [0.4, 0.5) is 0 Å². The van der Waals surface area contributed by atoms with Crippen molar-refractivity contribution in [2.75, 3.05) is 14.2 Å². The van der Waals surface area contributed by atoms with Gasteiger partial charge in [-0.2, -0.15) is 0 Å². The van der Waals surface area contributed by atoms with E-state index in [4.69, 9.17) is 9.47 Å². The molecule has 1 aromatic carbocycles. The first kappa shape index (κ1) is 11.4. The first-order valence-corrected chi connectivity index (χ1v) is 4.52. The monoisotopic (exact) mass is 209 g/mol. The van der Waals surface area contributed by atoms with Crippen molar-refractivity contribution >= 4 is 5.97 Å². The summed E-state index contributed by atoms with van der Waals surface area (Å²) >= 11 is 0. The van der Waals surface area contributed by atoms with Crippen LogP contribution in [0, 0.1) is 0 Å². The zero-order valence-corrected chi connectivity index (χ0v) is 8.94. The van der Waals surface area contributed by atoms with E-state index in [0.29, 0.717) is 17.1 Å². The summed E-state index contributed by atoms with van der Waals surface area (Å²) in [6.07, 6.45) is 0. The average Bonchev–Trinajstić information content (AvgIpc) is 2.27. The van der Waals surface area contributed by atoms with E-state index < -0.39 is 11.9 Å². The maximum atomic E-state index is 10.7. The lowest BCUT2D eigenvalue weighted by molar-refractivity contribution is -0.307. The Hall–Kier alpha value is -1.71. The number of carbonyl (C=O) groups is 1. The van der Waals surface area contributed by atoms with E-state index in [1.807, 2.05) is 0 Å². The van der Waals surface area contributed by atoms with Gasteiger partial charge in [0.2, 0.25) is 0 Å². The van der Waals surface area contributed by atoms with Crippen LogP contribution in [0.1, 0.15) is 18.4 Å². The van der Waals surface area contributed by atoms with Crippen LogP contribution in [0.25, 0.3) is 0 Å². The van der Waals surface area contributed by atoms with Gasteiger partial charge in [-0.25, -0.2) is 0 Å². The molecule has 1 atom stereocenters. The highest BCUT2D eigenvalue weighted by Gasteiger charge is 2.09. The quantitative estimate of drug-likeness (QED) is 0.726. The summed E-state index contributed by atoms with van der Waals surface area (Å²) in [5.41, 5.74) is 0.603. The molecule has 15 heavy (non-hydrogen) atoms. The van der Waals surface area contributed by atoms with Crippen LogP contribution in [-0.2, 0) is 4.79 Å². The Morgan fingerprint density at radius 2 is 1.67 bits per heavy atom. The molecule has 82 valence electrons. The van der Waals surface area contributed by atoms with Crippen molar-refractivity contribution in [2.45, 2.75) is 12.8 Å². The second-order valence-corrected chi connectivity index (χ2v) is 3.19. The van der Waals surface area contributed by atoms with Gasteiger partial charge in [0.1, 0.15) is 11.5 Å². The van der Waals surface area contributed by atoms with Crippen molar-refractivity contribution in [1.29, 1.82) is 0 Å². The Bertz CT molecular complexity index is 337. The topological polar surface area (TPSA) is 58.6 Å². The van der Waals surface area contributed by atoms with E-state index in [0.717, 1.165) is 0 Å². The van der Waals surface area contributed by atoms with Crippen LogP contribution in [0.3, 0.4) is 0 Å². The summed E-state index contributed by atoms with van der Waals surface area (Å²) < 4.78 is 10.1. The molecule has 0 fully saturated rings. The van der Waals surface area contributed by atoms with Gasteiger partial charge < -0.3 is 19.4 Å².